The van der Waals surface area contributed by atoms with E-state index in [0.717, 1.165) is 45.4 Å². The van der Waals surface area contributed by atoms with Crippen LogP contribution in [0.2, 0.25) is 0 Å². The highest BCUT2D eigenvalue weighted by molar-refractivity contribution is 4.85. The van der Waals surface area contributed by atoms with Crippen LogP contribution in [0.25, 0.3) is 0 Å². The maximum atomic E-state index is 5.99. The first kappa shape index (κ1) is 16.2. The highest BCUT2D eigenvalue weighted by Crippen LogP contribution is 2.19. The van der Waals surface area contributed by atoms with Crippen molar-refractivity contribution >= 4 is 0 Å². The van der Waals surface area contributed by atoms with E-state index < -0.39 is 0 Å². The van der Waals surface area contributed by atoms with Gasteiger partial charge in [-0.1, -0.05) is 6.92 Å². The largest absolute Gasteiger partial charge is 0.374 e. The number of hydrogen-bond donors (Lipinski definition) is 1. The van der Waals surface area contributed by atoms with Crippen LogP contribution in [0.5, 0.6) is 0 Å². The van der Waals surface area contributed by atoms with Gasteiger partial charge in [0.05, 0.1) is 12.7 Å². The fourth-order valence-corrected chi connectivity index (χ4v) is 3.40. The number of hydrogen-bond acceptors (Lipinski definition) is 4. The molecule has 2 rings (SSSR count). The van der Waals surface area contributed by atoms with E-state index in [0.29, 0.717) is 12.1 Å². The predicted octanol–water partition coefficient (Wildman–Crippen LogP) is 1.56. The van der Waals surface area contributed by atoms with Crippen molar-refractivity contribution in [3.05, 3.63) is 0 Å². The molecular weight excluding hydrogens is 250 g/mol. The Labute approximate surface area is 124 Å². The highest BCUT2D eigenvalue weighted by Gasteiger charge is 2.29. The molecule has 0 aromatic rings. The topological polar surface area (TPSA) is 27.7 Å². The van der Waals surface area contributed by atoms with E-state index in [4.69, 9.17) is 4.74 Å². The number of nitrogens with one attached hydrogen (secondary N) is 1. The van der Waals surface area contributed by atoms with Crippen LogP contribution in [0.4, 0.5) is 0 Å². The second-order valence-corrected chi connectivity index (χ2v) is 6.58. The number of ether oxygens (including phenoxy) is 1. The summed E-state index contributed by atoms with van der Waals surface area (Å²) in [7, 11) is 0. The molecule has 1 N–H and O–H groups in total. The number of likely N-dealkylation sites (tertiary alicyclic amines) is 1. The molecule has 0 saturated carbocycles. The van der Waals surface area contributed by atoms with Gasteiger partial charge in [-0.2, -0.15) is 0 Å². The van der Waals surface area contributed by atoms with Crippen molar-refractivity contribution in [3.63, 3.8) is 0 Å². The molecule has 2 atom stereocenters. The number of nitrogens with zero attached hydrogens (tertiary/aromatic N) is 2. The molecule has 2 heterocycles. The molecule has 0 amide bonds. The summed E-state index contributed by atoms with van der Waals surface area (Å²) >= 11 is 0. The summed E-state index contributed by atoms with van der Waals surface area (Å²) in [6.07, 6.45) is 4.32. The van der Waals surface area contributed by atoms with E-state index in [2.05, 4.69) is 35.9 Å². The van der Waals surface area contributed by atoms with Gasteiger partial charge in [0.2, 0.25) is 0 Å². The van der Waals surface area contributed by atoms with Crippen molar-refractivity contribution < 1.29 is 4.74 Å². The smallest absolute Gasteiger partial charge is 0.0829 e. The van der Waals surface area contributed by atoms with Crippen LogP contribution in [-0.2, 0) is 4.74 Å². The molecule has 2 aliphatic rings. The highest BCUT2D eigenvalue weighted by atomic mass is 16.5. The van der Waals surface area contributed by atoms with E-state index in [1.165, 1.54) is 25.8 Å². The zero-order chi connectivity index (χ0) is 14.4. The first-order valence-corrected chi connectivity index (χ1v) is 8.51. The van der Waals surface area contributed by atoms with Crippen molar-refractivity contribution in [2.75, 3.05) is 45.9 Å². The summed E-state index contributed by atoms with van der Waals surface area (Å²) in [6.45, 7) is 14.6. The van der Waals surface area contributed by atoms with Gasteiger partial charge in [0.1, 0.15) is 0 Å². The molecule has 4 heteroatoms. The maximum Gasteiger partial charge on any atom is 0.0829 e. The summed E-state index contributed by atoms with van der Waals surface area (Å²) in [5.74, 6) is 0. The number of rotatable bonds is 7. The third-order valence-corrected chi connectivity index (χ3v) is 4.64. The van der Waals surface area contributed by atoms with E-state index in [-0.39, 0.29) is 0 Å². The molecule has 4 nitrogen and oxygen atoms in total. The zero-order valence-corrected chi connectivity index (χ0v) is 13.6. The van der Waals surface area contributed by atoms with Crippen molar-refractivity contribution in [1.82, 2.24) is 15.1 Å². The van der Waals surface area contributed by atoms with E-state index in [1.54, 1.807) is 0 Å². The van der Waals surface area contributed by atoms with Crippen LogP contribution < -0.4 is 5.32 Å². The average Bonchev–Trinajstić information content (AvgIpc) is 2.87. The van der Waals surface area contributed by atoms with Gasteiger partial charge in [-0.15, -0.1) is 0 Å². The second-order valence-electron chi connectivity index (χ2n) is 6.58. The summed E-state index contributed by atoms with van der Waals surface area (Å²) < 4.78 is 5.99. The van der Waals surface area contributed by atoms with E-state index in [1.807, 2.05) is 0 Å². The first-order chi connectivity index (χ1) is 9.70. The van der Waals surface area contributed by atoms with Crippen LogP contribution in [0.15, 0.2) is 0 Å². The van der Waals surface area contributed by atoms with Crippen molar-refractivity contribution in [2.45, 2.75) is 58.2 Å². The van der Waals surface area contributed by atoms with Crippen molar-refractivity contribution in [3.8, 4) is 0 Å². The summed E-state index contributed by atoms with van der Waals surface area (Å²) in [5, 5.41) is 3.58. The van der Waals surface area contributed by atoms with Crippen molar-refractivity contribution in [1.29, 1.82) is 0 Å². The Morgan fingerprint density at radius 1 is 1.30 bits per heavy atom. The van der Waals surface area contributed by atoms with E-state index in [9.17, 15) is 0 Å². The van der Waals surface area contributed by atoms with Crippen molar-refractivity contribution in [2.24, 2.45) is 0 Å². The summed E-state index contributed by atoms with van der Waals surface area (Å²) in [6, 6.07) is 1.36. The minimum atomic E-state index is 0.401. The molecule has 0 spiro atoms. The molecular formula is C16H33N3O. The Bertz CT molecular complexity index is 272. The Kier molecular flexibility index (Phi) is 6.75. The van der Waals surface area contributed by atoms with Gasteiger partial charge in [-0.3, -0.25) is 9.80 Å². The first-order valence-electron chi connectivity index (χ1n) is 8.51. The molecule has 2 saturated heterocycles. The molecule has 0 aliphatic carbocycles. The third-order valence-electron chi connectivity index (χ3n) is 4.64. The van der Waals surface area contributed by atoms with Crippen LogP contribution in [-0.4, -0.2) is 73.9 Å². The van der Waals surface area contributed by atoms with Gasteiger partial charge < -0.3 is 10.1 Å². The molecule has 0 radical (unpaired) electrons. The number of morpholine rings is 1. The maximum absolute atomic E-state index is 5.99. The van der Waals surface area contributed by atoms with Gasteiger partial charge in [-0.05, 0) is 46.2 Å². The van der Waals surface area contributed by atoms with Crippen LogP contribution in [0, 0.1) is 0 Å². The molecule has 2 unspecified atom stereocenters. The molecule has 118 valence electrons. The van der Waals surface area contributed by atoms with Crippen LogP contribution >= 0.6 is 0 Å². The Morgan fingerprint density at radius 3 is 2.90 bits per heavy atom. The molecule has 2 fully saturated rings. The van der Waals surface area contributed by atoms with Crippen LogP contribution in [0.1, 0.15) is 40.0 Å². The molecule has 20 heavy (non-hydrogen) atoms. The van der Waals surface area contributed by atoms with Crippen LogP contribution in [0.3, 0.4) is 0 Å². The lowest BCUT2D eigenvalue weighted by Crippen LogP contribution is -2.51. The minimum absolute atomic E-state index is 0.401. The lowest BCUT2D eigenvalue weighted by atomic mass is 10.2. The van der Waals surface area contributed by atoms with Gasteiger partial charge in [-0.25, -0.2) is 0 Å². The lowest BCUT2D eigenvalue weighted by Gasteiger charge is -2.38. The zero-order valence-electron chi connectivity index (χ0n) is 13.6. The Balaban J connectivity index is 1.76. The molecule has 0 bridgehead atoms. The Morgan fingerprint density at radius 2 is 2.15 bits per heavy atom. The van der Waals surface area contributed by atoms with Gasteiger partial charge in [0.25, 0.3) is 0 Å². The Hall–Kier alpha value is -0.160. The standard InChI is InChI=1S/C16H33N3O/c1-4-7-17-11-15-6-5-8-19(15)13-16-12-18(14(2)3)9-10-20-16/h14-17H,4-13H2,1-3H3. The van der Waals surface area contributed by atoms with Gasteiger partial charge >= 0.3 is 0 Å². The molecule has 0 aromatic carbocycles. The summed E-state index contributed by atoms with van der Waals surface area (Å²) in [5.41, 5.74) is 0. The van der Waals surface area contributed by atoms with Gasteiger partial charge in [0.15, 0.2) is 0 Å². The van der Waals surface area contributed by atoms with E-state index >= 15 is 0 Å². The second kappa shape index (κ2) is 8.32. The fourth-order valence-electron chi connectivity index (χ4n) is 3.40. The van der Waals surface area contributed by atoms with Gasteiger partial charge in [0, 0.05) is 38.3 Å². The fraction of sp³-hybridized carbons (Fsp3) is 1.00. The average molecular weight is 283 g/mol. The predicted molar refractivity (Wildman–Crippen MR) is 84.2 cm³/mol. The third kappa shape index (κ3) is 4.69. The molecule has 0 aromatic heterocycles. The molecule has 2 aliphatic heterocycles. The summed E-state index contributed by atoms with van der Waals surface area (Å²) in [4.78, 5) is 5.20. The normalized spacial score (nSPS) is 29.4. The SMILES string of the molecule is CCCNCC1CCCN1CC1CN(C(C)C)CCO1. The lowest BCUT2D eigenvalue weighted by molar-refractivity contribution is -0.0533. The monoisotopic (exact) mass is 283 g/mol. The quantitative estimate of drug-likeness (QED) is 0.718. The minimum Gasteiger partial charge on any atom is -0.374 e.